The summed E-state index contributed by atoms with van der Waals surface area (Å²) in [5.74, 6) is 0.426. The normalized spacial score (nSPS) is 13.7. The number of benzene rings is 2. The van der Waals surface area contributed by atoms with Gasteiger partial charge in [-0.05, 0) is 47.9 Å². The minimum atomic E-state index is -0.0401. The van der Waals surface area contributed by atoms with Crippen LogP contribution in [0.1, 0.15) is 21.5 Å². The first-order valence-electron chi connectivity index (χ1n) is 11.5. The number of Topliss-reactive ketones (excluding diaryl/α,β-unsaturated/α-hetero) is 1. The lowest BCUT2D eigenvalue weighted by Gasteiger charge is -2.29. The highest BCUT2D eigenvalue weighted by atomic mass is 16.5. The van der Waals surface area contributed by atoms with E-state index in [1.165, 1.54) is 6.39 Å². The van der Waals surface area contributed by atoms with Gasteiger partial charge in [0.1, 0.15) is 5.69 Å². The van der Waals surface area contributed by atoms with E-state index < -0.39 is 0 Å². The molecule has 1 fully saturated rings. The maximum absolute atomic E-state index is 13.2. The van der Waals surface area contributed by atoms with Crippen LogP contribution in [-0.2, 0) is 18.2 Å². The van der Waals surface area contributed by atoms with Gasteiger partial charge >= 0.3 is 0 Å². The zero-order valence-corrected chi connectivity index (χ0v) is 19.7. The smallest absolute Gasteiger partial charge is 0.273 e. The Bertz CT molecular complexity index is 1420. The van der Waals surface area contributed by atoms with E-state index in [4.69, 9.17) is 9.15 Å². The number of hydrogen-bond acceptors (Lipinski definition) is 7. The van der Waals surface area contributed by atoms with E-state index in [0.717, 1.165) is 27.8 Å². The molecule has 0 bridgehead atoms. The standard InChI is InChI=1S/C27H26N4O4/c1-18-6-7-20(25(32)13-19-4-3-5-21(12-19)26-29-28-17-35-26)14-23(18)22-15-24(27(33)30(2)16-22)31-8-10-34-11-9-31/h3-7,12,14-17H,8-11,13H2,1-2H3. The van der Waals surface area contributed by atoms with Crippen molar-refractivity contribution in [2.24, 2.45) is 7.05 Å². The molecular weight excluding hydrogens is 444 g/mol. The van der Waals surface area contributed by atoms with E-state index in [0.29, 0.717) is 43.4 Å². The molecule has 3 heterocycles. The summed E-state index contributed by atoms with van der Waals surface area (Å²) in [4.78, 5) is 28.1. The Kier molecular flexibility index (Phi) is 6.29. The molecule has 0 N–H and O–H groups in total. The summed E-state index contributed by atoms with van der Waals surface area (Å²) < 4.78 is 12.3. The van der Waals surface area contributed by atoms with E-state index in [1.54, 1.807) is 11.6 Å². The van der Waals surface area contributed by atoms with Crippen molar-refractivity contribution in [3.63, 3.8) is 0 Å². The van der Waals surface area contributed by atoms with Crippen LogP contribution in [-0.4, -0.2) is 46.9 Å². The van der Waals surface area contributed by atoms with Gasteiger partial charge in [0, 0.05) is 49.4 Å². The topological polar surface area (TPSA) is 90.5 Å². The van der Waals surface area contributed by atoms with Gasteiger partial charge in [-0.1, -0.05) is 24.3 Å². The maximum atomic E-state index is 13.2. The highest BCUT2D eigenvalue weighted by molar-refractivity contribution is 5.99. The minimum Gasteiger partial charge on any atom is -0.423 e. The van der Waals surface area contributed by atoms with Crippen molar-refractivity contribution >= 4 is 11.5 Å². The lowest BCUT2D eigenvalue weighted by atomic mass is 9.95. The highest BCUT2D eigenvalue weighted by Gasteiger charge is 2.18. The third-order valence-corrected chi connectivity index (χ3v) is 6.29. The van der Waals surface area contributed by atoms with Crippen LogP contribution in [0.3, 0.4) is 0 Å². The fourth-order valence-corrected chi connectivity index (χ4v) is 4.38. The second-order valence-corrected chi connectivity index (χ2v) is 8.70. The number of hydrogen-bond donors (Lipinski definition) is 0. The van der Waals surface area contributed by atoms with Crippen molar-refractivity contribution in [3.8, 4) is 22.6 Å². The second-order valence-electron chi connectivity index (χ2n) is 8.70. The van der Waals surface area contributed by atoms with Crippen LogP contribution in [0.5, 0.6) is 0 Å². The third kappa shape index (κ3) is 4.79. The molecule has 178 valence electrons. The largest absolute Gasteiger partial charge is 0.423 e. The van der Waals surface area contributed by atoms with Gasteiger partial charge in [0.25, 0.3) is 5.56 Å². The number of rotatable bonds is 6. The van der Waals surface area contributed by atoms with Crippen molar-refractivity contribution in [2.75, 3.05) is 31.2 Å². The predicted molar refractivity (Wildman–Crippen MR) is 133 cm³/mol. The van der Waals surface area contributed by atoms with Crippen LogP contribution in [0.15, 0.2) is 70.3 Å². The Hall–Kier alpha value is -4.04. The van der Waals surface area contributed by atoms with Crippen molar-refractivity contribution in [3.05, 3.63) is 88.2 Å². The molecule has 8 heteroatoms. The number of aryl methyl sites for hydroxylation is 2. The van der Waals surface area contributed by atoms with Gasteiger partial charge in [0.2, 0.25) is 12.3 Å². The lowest BCUT2D eigenvalue weighted by molar-refractivity contribution is 0.0993. The Labute approximate surface area is 202 Å². The van der Waals surface area contributed by atoms with Crippen molar-refractivity contribution in [1.29, 1.82) is 0 Å². The highest BCUT2D eigenvalue weighted by Crippen LogP contribution is 2.28. The van der Waals surface area contributed by atoms with Gasteiger partial charge in [0.05, 0.1) is 13.2 Å². The molecule has 35 heavy (non-hydrogen) atoms. The maximum Gasteiger partial charge on any atom is 0.273 e. The van der Waals surface area contributed by atoms with Crippen LogP contribution in [0.2, 0.25) is 0 Å². The van der Waals surface area contributed by atoms with Gasteiger partial charge in [-0.2, -0.15) is 0 Å². The molecule has 8 nitrogen and oxygen atoms in total. The van der Waals surface area contributed by atoms with Crippen LogP contribution in [0.4, 0.5) is 5.69 Å². The van der Waals surface area contributed by atoms with E-state index in [1.807, 2.05) is 61.7 Å². The number of nitrogens with zero attached hydrogens (tertiary/aromatic N) is 4. The lowest BCUT2D eigenvalue weighted by Crippen LogP contribution is -2.40. The monoisotopic (exact) mass is 470 g/mol. The molecule has 0 aliphatic carbocycles. The first-order chi connectivity index (χ1) is 17.0. The molecular formula is C27H26N4O4. The van der Waals surface area contributed by atoms with E-state index in [9.17, 15) is 9.59 Å². The molecule has 1 saturated heterocycles. The van der Waals surface area contributed by atoms with Crippen LogP contribution in [0.25, 0.3) is 22.6 Å². The number of carbonyl (C=O) groups is 1. The molecule has 0 unspecified atom stereocenters. The number of aromatic nitrogens is 3. The van der Waals surface area contributed by atoms with Gasteiger partial charge in [-0.15, -0.1) is 10.2 Å². The molecule has 0 saturated carbocycles. The summed E-state index contributed by atoms with van der Waals surface area (Å²) in [5, 5.41) is 7.65. The van der Waals surface area contributed by atoms with Gasteiger partial charge in [-0.25, -0.2) is 0 Å². The Balaban J connectivity index is 1.44. The molecule has 2 aromatic heterocycles. The van der Waals surface area contributed by atoms with E-state index in [2.05, 4.69) is 15.1 Å². The summed E-state index contributed by atoms with van der Waals surface area (Å²) >= 11 is 0. The molecule has 0 amide bonds. The van der Waals surface area contributed by atoms with Crippen LogP contribution in [0, 0.1) is 6.92 Å². The number of pyridine rings is 1. The summed E-state index contributed by atoms with van der Waals surface area (Å²) in [6.07, 6.45) is 3.36. The van der Waals surface area contributed by atoms with Crippen LogP contribution < -0.4 is 10.5 Å². The molecule has 5 rings (SSSR count). The van der Waals surface area contributed by atoms with Gasteiger partial charge < -0.3 is 18.6 Å². The Morgan fingerprint density at radius 3 is 2.66 bits per heavy atom. The molecule has 4 aromatic rings. The number of anilines is 1. The first kappa shape index (κ1) is 22.7. The average Bonchev–Trinajstić information content (AvgIpc) is 3.42. The van der Waals surface area contributed by atoms with Crippen LogP contribution >= 0.6 is 0 Å². The predicted octanol–water partition coefficient (Wildman–Crippen LogP) is 3.67. The SMILES string of the molecule is Cc1ccc(C(=O)Cc2cccc(-c3nnco3)c2)cc1-c1cc(N2CCOCC2)c(=O)n(C)c1. The summed E-state index contributed by atoms with van der Waals surface area (Å²) in [6, 6.07) is 15.2. The number of ketones is 1. The summed E-state index contributed by atoms with van der Waals surface area (Å²) in [7, 11) is 1.76. The number of carbonyl (C=O) groups excluding carboxylic acids is 1. The zero-order chi connectivity index (χ0) is 24.4. The average molecular weight is 471 g/mol. The molecule has 0 spiro atoms. The molecule has 0 radical (unpaired) electrons. The second kappa shape index (κ2) is 9.68. The summed E-state index contributed by atoms with van der Waals surface area (Å²) in [5.41, 5.74) is 5.74. The Morgan fingerprint density at radius 1 is 1.06 bits per heavy atom. The number of ether oxygens (including phenoxy) is 1. The van der Waals surface area contributed by atoms with Gasteiger partial charge in [-0.3, -0.25) is 9.59 Å². The van der Waals surface area contributed by atoms with Crippen molar-refractivity contribution in [2.45, 2.75) is 13.3 Å². The molecule has 0 atom stereocenters. The third-order valence-electron chi connectivity index (χ3n) is 6.29. The quantitative estimate of drug-likeness (QED) is 0.397. The Morgan fingerprint density at radius 2 is 1.89 bits per heavy atom. The molecule has 1 aliphatic rings. The summed E-state index contributed by atoms with van der Waals surface area (Å²) in [6.45, 7) is 4.57. The fourth-order valence-electron chi connectivity index (χ4n) is 4.38. The first-order valence-corrected chi connectivity index (χ1v) is 11.5. The number of morpholine rings is 1. The minimum absolute atomic E-state index is 0.00662. The van der Waals surface area contributed by atoms with Gasteiger partial charge in [0.15, 0.2) is 5.78 Å². The molecule has 1 aliphatic heterocycles. The van der Waals surface area contributed by atoms with Crippen molar-refractivity contribution < 1.29 is 13.9 Å². The fraction of sp³-hybridized carbons (Fsp3) is 0.259. The van der Waals surface area contributed by atoms with E-state index >= 15 is 0 Å². The molecule has 2 aromatic carbocycles. The zero-order valence-electron chi connectivity index (χ0n) is 19.7. The van der Waals surface area contributed by atoms with E-state index in [-0.39, 0.29) is 17.8 Å². The van der Waals surface area contributed by atoms with Crippen molar-refractivity contribution in [1.82, 2.24) is 14.8 Å².